The van der Waals surface area contributed by atoms with Gasteiger partial charge in [0.25, 0.3) is 0 Å². The van der Waals surface area contributed by atoms with Gasteiger partial charge >= 0.3 is 0 Å². The minimum absolute atomic E-state index is 0.116. The van der Waals surface area contributed by atoms with Gasteiger partial charge < -0.3 is 11.1 Å². The Hall–Kier alpha value is -1.35. The molecule has 0 unspecified atom stereocenters. The van der Waals surface area contributed by atoms with Crippen molar-refractivity contribution in [1.29, 1.82) is 0 Å². The minimum atomic E-state index is -0.445. The molecular weight excluding hydrogens is 188 g/mol. The van der Waals surface area contributed by atoms with Crippen LogP contribution in [0.3, 0.4) is 0 Å². The first-order valence-electron chi connectivity index (χ1n) is 5.24. The van der Waals surface area contributed by atoms with Gasteiger partial charge in [0.05, 0.1) is 6.04 Å². The lowest BCUT2D eigenvalue weighted by Crippen LogP contribution is -2.37. The lowest BCUT2D eigenvalue weighted by atomic mass is 10.1. The van der Waals surface area contributed by atoms with Crippen molar-refractivity contribution < 1.29 is 4.79 Å². The Morgan fingerprint density at radius 2 is 1.87 bits per heavy atom. The molecule has 1 amide bonds. The molecule has 1 aromatic carbocycles. The number of nitrogens with two attached hydrogens (primary N) is 1. The molecule has 0 heterocycles. The second-order valence-electron chi connectivity index (χ2n) is 3.68. The van der Waals surface area contributed by atoms with Crippen LogP contribution in [0.15, 0.2) is 24.3 Å². The van der Waals surface area contributed by atoms with Crippen LogP contribution in [0.25, 0.3) is 0 Å². The van der Waals surface area contributed by atoms with Crippen LogP contribution in [0.5, 0.6) is 0 Å². The van der Waals surface area contributed by atoms with E-state index in [9.17, 15) is 4.79 Å². The molecule has 0 aromatic heterocycles. The highest BCUT2D eigenvalue weighted by molar-refractivity contribution is 5.80. The van der Waals surface area contributed by atoms with Crippen LogP contribution < -0.4 is 11.1 Å². The zero-order chi connectivity index (χ0) is 11.3. The Kier molecular flexibility index (Phi) is 4.31. The summed E-state index contributed by atoms with van der Waals surface area (Å²) in [5.41, 5.74) is 7.84. The van der Waals surface area contributed by atoms with Gasteiger partial charge in [-0.2, -0.15) is 0 Å². The third-order valence-corrected chi connectivity index (χ3v) is 2.31. The van der Waals surface area contributed by atoms with Gasteiger partial charge in [0.2, 0.25) is 5.91 Å². The summed E-state index contributed by atoms with van der Waals surface area (Å²) in [7, 11) is 0. The van der Waals surface area contributed by atoms with E-state index in [0.717, 1.165) is 12.0 Å². The van der Waals surface area contributed by atoms with E-state index in [1.54, 1.807) is 6.92 Å². The second-order valence-corrected chi connectivity index (χ2v) is 3.68. The molecular formula is C12H18N2O. The van der Waals surface area contributed by atoms with Gasteiger partial charge in [-0.05, 0) is 24.5 Å². The molecule has 0 radical (unpaired) electrons. The second kappa shape index (κ2) is 5.51. The quantitative estimate of drug-likeness (QED) is 0.778. The third kappa shape index (κ3) is 3.72. The monoisotopic (exact) mass is 206 g/mol. The van der Waals surface area contributed by atoms with E-state index in [-0.39, 0.29) is 5.91 Å². The van der Waals surface area contributed by atoms with E-state index in [4.69, 9.17) is 5.73 Å². The lowest BCUT2D eigenvalue weighted by molar-refractivity contribution is -0.122. The van der Waals surface area contributed by atoms with E-state index in [0.29, 0.717) is 6.54 Å². The van der Waals surface area contributed by atoms with E-state index >= 15 is 0 Å². The van der Waals surface area contributed by atoms with Crippen molar-refractivity contribution in [2.45, 2.75) is 32.9 Å². The van der Waals surface area contributed by atoms with Crippen molar-refractivity contribution in [3.63, 3.8) is 0 Å². The normalized spacial score (nSPS) is 12.2. The zero-order valence-corrected chi connectivity index (χ0v) is 9.29. The van der Waals surface area contributed by atoms with E-state index < -0.39 is 6.04 Å². The molecule has 1 aromatic rings. The Bertz CT molecular complexity index is 317. The molecule has 15 heavy (non-hydrogen) atoms. The number of carbonyl (C=O) groups is 1. The maximum atomic E-state index is 11.2. The number of nitrogens with one attached hydrogen (secondary N) is 1. The average molecular weight is 206 g/mol. The van der Waals surface area contributed by atoms with Gasteiger partial charge in [0.15, 0.2) is 0 Å². The first-order valence-corrected chi connectivity index (χ1v) is 5.24. The summed E-state index contributed by atoms with van der Waals surface area (Å²) in [6, 6.07) is 7.77. The van der Waals surface area contributed by atoms with Crippen LogP contribution in [0.1, 0.15) is 25.0 Å². The van der Waals surface area contributed by atoms with Crippen LogP contribution in [-0.4, -0.2) is 11.9 Å². The fraction of sp³-hybridized carbons (Fsp3) is 0.417. The van der Waals surface area contributed by atoms with Gasteiger partial charge in [-0.25, -0.2) is 0 Å². The summed E-state index contributed by atoms with van der Waals surface area (Å²) in [6.45, 7) is 4.34. The molecule has 0 aliphatic carbocycles. The smallest absolute Gasteiger partial charge is 0.236 e. The number of aryl methyl sites for hydroxylation is 1. The standard InChI is InChI=1S/C12H18N2O/c1-3-10-4-6-11(7-5-10)8-14-12(15)9(2)13/h4-7,9H,3,8,13H2,1-2H3,(H,14,15)/t9-/m1/s1. The Balaban J connectivity index is 2.47. The highest BCUT2D eigenvalue weighted by Gasteiger charge is 2.05. The van der Waals surface area contributed by atoms with Crippen molar-refractivity contribution in [3.05, 3.63) is 35.4 Å². The molecule has 0 saturated carbocycles. The average Bonchev–Trinajstić information content (AvgIpc) is 2.26. The Morgan fingerprint density at radius 3 is 2.33 bits per heavy atom. The molecule has 0 spiro atoms. The van der Waals surface area contributed by atoms with Crippen molar-refractivity contribution in [2.24, 2.45) is 5.73 Å². The van der Waals surface area contributed by atoms with Gasteiger partial charge in [0, 0.05) is 6.54 Å². The van der Waals surface area contributed by atoms with E-state index in [2.05, 4.69) is 24.4 Å². The molecule has 0 saturated heterocycles. The van der Waals surface area contributed by atoms with Gasteiger partial charge in [0.1, 0.15) is 0 Å². The maximum absolute atomic E-state index is 11.2. The fourth-order valence-corrected chi connectivity index (χ4v) is 1.24. The molecule has 1 rings (SSSR count). The number of amides is 1. The molecule has 3 heteroatoms. The number of benzene rings is 1. The molecule has 0 aliphatic heterocycles. The molecule has 1 atom stereocenters. The fourth-order valence-electron chi connectivity index (χ4n) is 1.24. The summed E-state index contributed by atoms with van der Waals surface area (Å²) >= 11 is 0. The summed E-state index contributed by atoms with van der Waals surface area (Å²) in [6.07, 6.45) is 1.03. The van der Waals surface area contributed by atoms with Crippen molar-refractivity contribution in [1.82, 2.24) is 5.32 Å². The minimum Gasteiger partial charge on any atom is -0.351 e. The van der Waals surface area contributed by atoms with Gasteiger partial charge in [-0.1, -0.05) is 31.2 Å². The SMILES string of the molecule is CCc1ccc(CNC(=O)[C@@H](C)N)cc1. The topological polar surface area (TPSA) is 55.1 Å². The van der Waals surface area contributed by atoms with Gasteiger partial charge in [-0.3, -0.25) is 4.79 Å². The summed E-state index contributed by atoms with van der Waals surface area (Å²) in [4.78, 5) is 11.2. The maximum Gasteiger partial charge on any atom is 0.236 e. The van der Waals surface area contributed by atoms with E-state index in [1.807, 2.05) is 12.1 Å². The zero-order valence-electron chi connectivity index (χ0n) is 9.29. The van der Waals surface area contributed by atoms with Crippen molar-refractivity contribution >= 4 is 5.91 Å². The van der Waals surface area contributed by atoms with Crippen LogP contribution in [0.4, 0.5) is 0 Å². The van der Waals surface area contributed by atoms with Crippen LogP contribution in [0, 0.1) is 0 Å². The predicted octanol–water partition coefficient (Wildman–Crippen LogP) is 1.21. The molecule has 3 N–H and O–H groups in total. The summed E-state index contributed by atoms with van der Waals surface area (Å²) in [5, 5.41) is 2.77. The first-order chi connectivity index (χ1) is 7.13. The van der Waals surface area contributed by atoms with Crippen LogP contribution in [-0.2, 0) is 17.8 Å². The molecule has 3 nitrogen and oxygen atoms in total. The summed E-state index contributed by atoms with van der Waals surface area (Å²) in [5.74, 6) is -0.116. The van der Waals surface area contributed by atoms with E-state index in [1.165, 1.54) is 5.56 Å². The number of hydrogen-bond acceptors (Lipinski definition) is 2. The lowest BCUT2D eigenvalue weighted by Gasteiger charge is -2.07. The number of carbonyl (C=O) groups excluding carboxylic acids is 1. The third-order valence-electron chi connectivity index (χ3n) is 2.31. The molecule has 0 aliphatic rings. The molecule has 0 fully saturated rings. The summed E-state index contributed by atoms with van der Waals surface area (Å²) < 4.78 is 0. The first kappa shape index (κ1) is 11.7. The Labute approximate surface area is 90.7 Å². The number of hydrogen-bond donors (Lipinski definition) is 2. The highest BCUT2D eigenvalue weighted by Crippen LogP contribution is 2.04. The molecule has 82 valence electrons. The number of rotatable bonds is 4. The highest BCUT2D eigenvalue weighted by atomic mass is 16.2. The van der Waals surface area contributed by atoms with Crippen LogP contribution in [0.2, 0.25) is 0 Å². The van der Waals surface area contributed by atoms with Crippen LogP contribution >= 0.6 is 0 Å². The largest absolute Gasteiger partial charge is 0.351 e. The molecule has 0 bridgehead atoms. The van der Waals surface area contributed by atoms with Crippen molar-refractivity contribution in [3.8, 4) is 0 Å². The van der Waals surface area contributed by atoms with Gasteiger partial charge in [-0.15, -0.1) is 0 Å². The van der Waals surface area contributed by atoms with Crippen molar-refractivity contribution in [2.75, 3.05) is 0 Å². The Morgan fingerprint density at radius 1 is 1.33 bits per heavy atom. The predicted molar refractivity (Wildman–Crippen MR) is 61.3 cm³/mol.